The zero-order valence-electron chi connectivity index (χ0n) is 25.3. The summed E-state index contributed by atoms with van der Waals surface area (Å²) in [4.78, 5) is 44.2. The highest BCUT2D eigenvalue weighted by Crippen LogP contribution is 2.61. The maximum Gasteiger partial charge on any atom is 0.335 e. The van der Waals surface area contributed by atoms with E-state index < -0.39 is 12.8 Å². The lowest BCUT2D eigenvalue weighted by Crippen LogP contribution is -2.24. The van der Waals surface area contributed by atoms with Gasteiger partial charge in [0.2, 0.25) is 5.95 Å². The van der Waals surface area contributed by atoms with Crippen LogP contribution < -0.4 is 15.4 Å². The van der Waals surface area contributed by atoms with Gasteiger partial charge in [-0.3, -0.25) is 9.36 Å². The lowest BCUT2D eigenvalue weighted by atomic mass is 9.80. The lowest BCUT2D eigenvalue weighted by molar-refractivity contribution is 0.0817. The van der Waals surface area contributed by atoms with E-state index in [9.17, 15) is 24.3 Å². The van der Waals surface area contributed by atoms with Gasteiger partial charge in [-0.1, -0.05) is 37.6 Å². The molecule has 13 heteroatoms. The van der Waals surface area contributed by atoms with E-state index in [0.717, 1.165) is 36.8 Å². The number of carbonyl (C=O) groups excluding carboxylic acids is 1. The Morgan fingerprint density at radius 2 is 1.77 bits per heavy atom. The summed E-state index contributed by atoms with van der Waals surface area (Å²) in [6.07, 6.45) is 4.97. The summed E-state index contributed by atoms with van der Waals surface area (Å²) >= 11 is 6.50. The first-order valence-corrected chi connectivity index (χ1v) is 16.8. The number of carbonyl (C=O) groups is 1. The Bertz CT molecular complexity index is 1600. The average molecular weight is 644 g/mol. The van der Waals surface area contributed by atoms with Gasteiger partial charge in [-0.2, -0.15) is 4.98 Å². The SMILES string of the molecule is CCC(CC)(c1ccc(Nc2ncc(Cl)c(Nc3ccc(C4CCC(O)CC4)c4c3C(=O)N(C)C4)n2)c(OC)c1)P(=O)(O)O. The topological polar surface area (TPSA) is 157 Å². The number of hydrogen-bond acceptors (Lipinski definition) is 8. The summed E-state index contributed by atoms with van der Waals surface area (Å²) in [7, 11) is -1.22. The Balaban J connectivity index is 1.44. The smallest absolute Gasteiger partial charge is 0.335 e. The Hall–Kier alpha value is -3.21. The number of halogens is 1. The van der Waals surface area contributed by atoms with Crippen LogP contribution in [0.4, 0.5) is 23.1 Å². The third-order valence-electron chi connectivity index (χ3n) is 9.15. The molecule has 2 aliphatic rings. The second kappa shape index (κ2) is 12.7. The van der Waals surface area contributed by atoms with Gasteiger partial charge >= 0.3 is 7.60 Å². The van der Waals surface area contributed by atoms with Crippen molar-refractivity contribution in [3.63, 3.8) is 0 Å². The monoisotopic (exact) mass is 643 g/mol. The first kappa shape index (κ1) is 32.2. The van der Waals surface area contributed by atoms with Crippen molar-refractivity contribution in [2.75, 3.05) is 24.8 Å². The number of ether oxygens (including phenoxy) is 1. The van der Waals surface area contributed by atoms with Crippen LogP contribution in [0.2, 0.25) is 5.02 Å². The number of aliphatic hydroxyl groups excluding tert-OH is 1. The van der Waals surface area contributed by atoms with E-state index >= 15 is 0 Å². The fourth-order valence-corrected chi connectivity index (χ4v) is 7.97. The molecule has 2 heterocycles. The zero-order chi connectivity index (χ0) is 31.8. The number of benzene rings is 2. The van der Waals surface area contributed by atoms with Crippen molar-refractivity contribution in [2.24, 2.45) is 0 Å². The van der Waals surface area contributed by atoms with Crippen LogP contribution in [0.25, 0.3) is 0 Å². The molecule has 0 atom stereocenters. The minimum Gasteiger partial charge on any atom is -0.495 e. The van der Waals surface area contributed by atoms with Gasteiger partial charge in [0.15, 0.2) is 5.82 Å². The fraction of sp³-hybridized carbons (Fsp3) is 0.452. The molecule has 44 heavy (non-hydrogen) atoms. The van der Waals surface area contributed by atoms with Crippen molar-refractivity contribution in [3.05, 3.63) is 63.8 Å². The van der Waals surface area contributed by atoms with Crippen molar-refractivity contribution in [1.29, 1.82) is 0 Å². The van der Waals surface area contributed by atoms with Crippen LogP contribution in [0.15, 0.2) is 36.5 Å². The highest BCUT2D eigenvalue weighted by Gasteiger charge is 2.45. The molecule has 11 nitrogen and oxygen atoms in total. The van der Waals surface area contributed by atoms with Crippen molar-refractivity contribution in [1.82, 2.24) is 14.9 Å². The van der Waals surface area contributed by atoms with Crippen molar-refractivity contribution < 1.29 is 29.0 Å². The average Bonchev–Trinajstić information content (AvgIpc) is 3.30. The zero-order valence-corrected chi connectivity index (χ0v) is 27.0. The minimum atomic E-state index is -4.48. The molecule has 236 valence electrons. The van der Waals surface area contributed by atoms with Gasteiger partial charge in [-0.05, 0) is 79.3 Å². The molecule has 2 aromatic carbocycles. The predicted molar refractivity (Wildman–Crippen MR) is 170 cm³/mol. The van der Waals surface area contributed by atoms with Gasteiger partial charge < -0.3 is 35.2 Å². The maximum absolute atomic E-state index is 13.3. The van der Waals surface area contributed by atoms with Crippen LogP contribution in [0.1, 0.15) is 85.3 Å². The van der Waals surface area contributed by atoms with Gasteiger partial charge in [-0.25, -0.2) is 4.98 Å². The maximum atomic E-state index is 13.3. The first-order valence-electron chi connectivity index (χ1n) is 14.8. The van der Waals surface area contributed by atoms with Gasteiger partial charge in [0.05, 0.1) is 41.5 Å². The van der Waals surface area contributed by atoms with Gasteiger partial charge in [0.1, 0.15) is 10.8 Å². The summed E-state index contributed by atoms with van der Waals surface area (Å²) in [6.45, 7) is 4.03. The normalized spacial score (nSPS) is 18.7. The van der Waals surface area contributed by atoms with Crippen LogP contribution in [0, 0.1) is 0 Å². The molecule has 1 amide bonds. The number of anilines is 4. The molecule has 1 aromatic heterocycles. The van der Waals surface area contributed by atoms with E-state index in [1.165, 1.54) is 13.3 Å². The van der Waals surface area contributed by atoms with Crippen LogP contribution in [-0.4, -0.2) is 55.9 Å². The second-order valence-corrected chi connectivity index (χ2v) is 13.9. The van der Waals surface area contributed by atoms with E-state index in [1.54, 1.807) is 44.0 Å². The molecule has 1 aliphatic heterocycles. The standard InChI is InChI=1S/C31H39ClN5O6P/c1-5-31(6-2,44(40,41)42)19-9-13-24(26(15-19)43-4)35-30-33-16-23(32)28(36-30)34-25-14-12-21(18-7-10-20(38)11-8-18)22-17-37(3)29(39)27(22)25/h9,12-16,18,20,38H,5-8,10-11,17H2,1-4H3,(H2,40,41,42)(H2,33,34,35,36). The Morgan fingerprint density at radius 3 is 2.41 bits per heavy atom. The van der Waals surface area contributed by atoms with E-state index in [1.807, 2.05) is 6.07 Å². The second-order valence-electron chi connectivity index (χ2n) is 11.6. The van der Waals surface area contributed by atoms with Crippen molar-refractivity contribution in [2.45, 2.75) is 76.1 Å². The van der Waals surface area contributed by atoms with Gasteiger partial charge in [0.25, 0.3) is 5.91 Å². The number of methoxy groups -OCH3 is 1. The van der Waals surface area contributed by atoms with Gasteiger partial charge in [0, 0.05) is 13.6 Å². The third kappa shape index (κ3) is 5.91. The molecule has 1 saturated carbocycles. The number of aromatic nitrogens is 2. The third-order valence-corrected chi connectivity index (χ3v) is 11.4. The number of aliphatic hydroxyl groups is 1. The Labute approximate surface area is 262 Å². The number of nitrogens with one attached hydrogen (secondary N) is 2. The lowest BCUT2D eigenvalue weighted by Gasteiger charge is -2.33. The molecule has 1 aliphatic carbocycles. The number of amides is 1. The number of fused-ring (bicyclic) bond motifs is 1. The van der Waals surface area contributed by atoms with Crippen LogP contribution >= 0.6 is 19.2 Å². The summed E-state index contributed by atoms with van der Waals surface area (Å²) in [5, 5.41) is 15.3. The number of nitrogens with zero attached hydrogens (tertiary/aromatic N) is 3. The highest BCUT2D eigenvalue weighted by molar-refractivity contribution is 7.53. The fourth-order valence-electron chi connectivity index (χ4n) is 6.54. The largest absolute Gasteiger partial charge is 0.495 e. The summed E-state index contributed by atoms with van der Waals surface area (Å²) < 4.78 is 18.1. The van der Waals surface area contributed by atoms with Crippen LogP contribution in [0.3, 0.4) is 0 Å². The quantitative estimate of drug-likeness (QED) is 0.156. The summed E-state index contributed by atoms with van der Waals surface area (Å²) in [5.74, 6) is 1.08. The molecule has 0 saturated heterocycles. The summed E-state index contributed by atoms with van der Waals surface area (Å²) in [6, 6.07) is 8.92. The molecule has 3 aromatic rings. The van der Waals surface area contributed by atoms with E-state index in [4.69, 9.17) is 16.3 Å². The molecule has 1 fully saturated rings. The first-order chi connectivity index (χ1) is 20.9. The Morgan fingerprint density at radius 1 is 1.09 bits per heavy atom. The number of hydrogen-bond donors (Lipinski definition) is 5. The number of rotatable bonds is 10. The minimum absolute atomic E-state index is 0.0842. The molecule has 0 unspecified atom stereocenters. The van der Waals surface area contributed by atoms with Crippen LogP contribution in [0.5, 0.6) is 5.75 Å². The van der Waals surface area contributed by atoms with Crippen molar-refractivity contribution in [3.8, 4) is 5.75 Å². The molecule has 5 N–H and O–H groups in total. The highest BCUT2D eigenvalue weighted by atomic mass is 35.5. The van der Waals surface area contributed by atoms with Gasteiger partial charge in [-0.15, -0.1) is 0 Å². The van der Waals surface area contributed by atoms with E-state index in [0.29, 0.717) is 46.5 Å². The predicted octanol–water partition coefficient (Wildman–Crippen LogP) is 6.42. The molecular formula is C31H39ClN5O6P. The van der Waals surface area contributed by atoms with Crippen LogP contribution in [-0.2, 0) is 16.3 Å². The molecular weight excluding hydrogens is 605 g/mol. The Kier molecular flexibility index (Phi) is 9.26. The molecule has 0 radical (unpaired) electrons. The molecule has 0 bridgehead atoms. The summed E-state index contributed by atoms with van der Waals surface area (Å²) in [5.41, 5.74) is 4.30. The van der Waals surface area contributed by atoms with E-state index in [2.05, 4.69) is 26.7 Å². The van der Waals surface area contributed by atoms with E-state index in [-0.39, 0.29) is 35.8 Å². The van der Waals surface area contributed by atoms with Crippen molar-refractivity contribution >= 4 is 48.2 Å². The molecule has 0 spiro atoms. The molecule has 5 rings (SSSR count).